The molecule has 0 aromatic heterocycles. The van der Waals surface area contributed by atoms with Crippen LogP contribution in [-0.4, -0.2) is 38.2 Å². The van der Waals surface area contributed by atoms with E-state index in [4.69, 9.17) is 5.11 Å². The average molecular weight is 430 g/mol. The Morgan fingerprint density at radius 1 is 0.897 bits per heavy atom. The van der Waals surface area contributed by atoms with E-state index < -0.39 is 28.2 Å². The molecule has 1 atom stereocenters. The molecule has 1 unspecified atom stereocenters. The predicted octanol–water partition coefficient (Wildman–Crippen LogP) is 3.54. The van der Waals surface area contributed by atoms with Crippen molar-refractivity contribution in [3.63, 3.8) is 0 Å². The quantitative estimate of drug-likeness (QED) is 0.588. The lowest BCUT2D eigenvalue weighted by atomic mass is 10.1. The first-order valence-electron chi connectivity index (χ1n) is 9.74. The summed E-state index contributed by atoms with van der Waals surface area (Å²) in [6.07, 6.45) is -1.42. The van der Waals surface area contributed by atoms with E-state index in [0.29, 0.717) is 16.8 Å². The van der Waals surface area contributed by atoms with Crippen molar-refractivity contribution < 1.29 is 19.8 Å². The van der Waals surface area contributed by atoms with Crippen molar-refractivity contribution in [3.05, 3.63) is 53.6 Å². The highest BCUT2D eigenvalue weighted by molar-refractivity contribution is 6.91. The minimum atomic E-state index is -1.58. The van der Waals surface area contributed by atoms with Crippen LogP contribution in [0.5, 0.6) is 0 Å². The number of carboxylic acid groups (broad SMARTS) is 1. The van der Waals surface area contributed by atoms with Gasteiger partial charge in [-0.25, -0.2) is 0 Å². The van der Waals surface area contributed by atoms with Gasteiger partial charge >= 0.3 is 5.97 Å². The molecule has 0 bridgehead atoms. The normalized spacial score (nSPS) is 13.1. The lowest BCUT2D eigenvalue weighted by Crippen LogP contribution is -2.46. The lowest BCUT2D eigenvalue weighted by Gasteiger charge is -2.24. The largest absolute Gasteiger partial charge is 0.481 e. The first-order valence-corrected chi connectivity index (χ1v) is 16.7. The highest BCUT2D eigenvalue weighted by Gasteiger charge is 2.24. The Labute approximate surface area is 174 Å². The van der Waals surface area contributed by atoms with Gasteiger partial charge in [0.25, 0.3) is 5.91 Å². The van der Waals surface area contributed by atoms with Gasteiger partial charge in [-0.05, 0) is 17.7 Å². The zero-order valence-corrected chi connectivity index (χ0v) is 20.0. The van der Waals surface area contributed by atoms with Crippen LogP contribution in [0.4, 0.5) is 5.69 Å². The van der Waals surface area contributed by atoms with E-state index >= 15 is 0 Å². The summed E-state index contributed by atoms with van der Waals surface area (Å²) in [6, 6.07) is 12.9. The number of hydrogen-bond donors (Lipinski definition) is 3. The first kappa shape index (κ1) is 23.1. The van der Waals surface area contributed by atoms with Crippen LogP contribution in [0.1, 0.15) is 28.4 Å². The van der Waals surface area contributed by atoms with E-state index in [1.165, 1.54) is 10.4 Å². The number of carbonyl (C=O) groups excluding carboxylic acids is 1. The van der Waals surface area contributed by atoms with Crippen LogP contribution < -0.4 is 15.7 Å². The highest BCUT2D eigenvalue weighted by atomic mass is 28.3. The number of aliphatic hydroxyl groups excluding tert-OH is 1. The van der Waals surface area contributed by atoms with Gasteiger partial charge in [0.1, 0.15) is 0 Å². The molecule has 3 N–H and O–H groups in total. The number of aliphatic carboxylic acids is 1. The van der Waals surface area contributed by atoms with Crippen molar-refractivity contribution in [1.82, 2.24) is 0 Å². The van der Waals surface area contributed by atoms with Gasteiger partial charge in [0.05, 0.1) is 28.7 Å². The molecule has 0 aliphatic rings. The molecule has 7 heteroatoms. The topological polar surface area (TPSA) is 86.6 Å². The number of rotatable bonds is 7. The van der Waals surface area contributed by atoms with E-state index in [-0.39, 0.29) is 12.3 Å². The van der Waals surface area contributed by atoms with Gasteiger partial charge in [-0.15, -0.1) is 0 Å². The molecule has 2 aromatic carbocycles. The summed E-state index contributed by atoms with van der Waals surface area (Å²) in [7, 11) is -3.16. The number of anilines is 1. The Bertz CT molecular complexity index is 864. The molecule has 29 heavy (non-hydrogen) atoms. The molecule has 0 heterocycles. The van der Waals surface area contributed by atoms with Gasteiger partial charge in [-0.2, -0.15) is 0 Å². The number of carbonyl (C=O) groups is 2. The molecule has 2 aromatic rings. The van der Waals surface area contributed by atoms with E-state index in [1.807, 2.05) is 12.1 Å². The average Bonchev–Trinajstić information content (AvgIpc) is 2.59. The minimum Gasteiger partial charge on any atom is -0.481 e. The van der Waals surface area contributed by atoms with Crippen molar-refractivity contribution in [1.29, 1.82) is 0 Å². The van der Waals surface area contributed by atoms with Crippen LogP contribution in [0, 0.1) is 0 Å². The molecular weight excluding hydrogens is 398 g/mol. The Hall–Kier alpha value is -2.23. The first-order chi connectivity index (χ1) is 13.3. The molecule has 0 radical (unpaired) electrons. The van der Waals surface area contributed by atoms with Crippen LogP contribution in [0.2, 0.25) is 39.3 Å². The van der Waals surface area contributed by atoms with Crippen molar-refractivity contribution in [3.8, 4) is 0 Å². The van der Waals surface area contributed by atoms with Crippen LogP contribution in [0.3, 0.4) is 0 Å². The lowest BCUT2D eigenvalue weighted by molar-refractivity contribution is -0.139. The maximum Gasteiger partial charge on any atom is 0.306 e. The third-order valence-electron chi connectivity index (χ3n) is 4.85. The predicted molar refractivity (Wildman–Crippen MR) is 124 cm³/mol. The highest BCUT2D eigenvalue weighted by Crippen LogP contribution is 2.19. The molecule has 0 aliphatic carbocycles. The summed E-state index contributed by atoms with van der Waals surface area (Å²) < 4.78 is 0. The smallest absolute Gasteiger partial charge is 0.306 e. The van der Waals surface area contributed by atoms with Crippen molar-refractivity contribution in [2.24, 2.45) is 0 Å². The third-order valence-corrected chi connectivity index (χ3v) is 8.89. The van der Waals surface area contributed by atoms with Crippen molar-refractivity contribution in [2.75, 3.05) is 5.32 Å². The maximum atomic E-state index is 12.9. The number of carboxylic acids is 1. The fraction of sp³-hybridized carbons (Fsp3) is 0.364. The number of benzene rings is 2. The SMILES string of the molecule is C[Si](C)(C)c1cc(C(=O)Nc2ccc(C(O)CC(=O)O)cc2)cc([Si](C)(C)C)c1. The molecule has 0 saturated heterocycles. The minimum absolute atomic E-state index is 0.163. The number of nitrogens with one attached hydrogen (secondary N) is 1. The Morgan fingerprint density at radius 2 is 1.38 bits per heavy atom. The molecule has 0 fully saturated rings. The standard InChI is InChI=1S/C22H31NO4Si2/c1-28(2,3)18-11-16(12-19(13-18)29(4,5)6)22(27)23-17-9-7-15(8-10-17)20(24)14-21(25)26/h7-13,20,24H,14H2,1-6H3,(H,23,27)(H,25,26). The van der Waals surface area contributed by atoms with Gasteiger partial charge < -0.3 is 15.5 Å². The Balaban J connectivity index is 2.27. The monoisotopic (exact) mass is 429 g/mol. The molecule has 0 saturated carbocycles. The fourth-order valence-electron chi connectivity index (χ4n) is 2.90. The maximum absolute atomic E-state index is 12.9. The van der Waals surface area contributed by atoms with Crippen LogP contribution >= 0.6 is 0 Å². The number of amides is 1. The second-order valence-electron chi connectivity index (χ2n) is 9.49. The molecule has 5 nitrogen and oxygen atoms in total. The molecule has 1 amide bonds. The third kappa shape index (κ3) is 6.38. The van der Waals surface area contributed by atoms with Gasteiger partial charge in [0.2, 0.25) is 0 Å². The second kappa shape index (κ2) is 8.65. The van der Waals surface area contributed by atoms with Crippen molar-refractivity contribution in [2.45, 2.75) is 51.8 Å². The van der Waals surface area contributed by atoms with E-state index in [9.17, 15) is 14.7 Å². The summed E-state index contributed by atoms with van der Waals surface area (Å²) in [4.78, 5) is 23.7. The summed E-state index contributed by atoms with van der Waals surface area (Å²) in [5, 5.41) is 24.1. The summed E-state index contributed by atoms with van der Waals surface area (Å²) in [5.41, 5.74) is 1.78. The van der Waals surface area contributed by atoms with Crippen molar-refractivity contribution >= 4 is 44.1 Å². The van der Waals surface area contributed by atoms with Crippen LogP contribution in [0.25, 0.3) is 0 Å². The molecule has 2 rings (SSSR count). The molecule has 0 spiro atoms. The number of aliphatic hydroxyl groups is 1. The summed E-state index contributed by atoms with van der Waals surface area (Å²) in [5.74, 6) is -1.22. The zero-order chi connectivity index (χ0) is 22.0. The summed E-state index contributed by atoms with van der Waals surface area (Å²) >= 11 is 0. The van der Waals surface area contributed by atoms with Gasteiger partial charge in [-0.3, -0.25) is 9.59 Å². The molecule has 156 valence electrons. The van der Waals surface area contributed by atoms with Gasteiger partial charge in [-0.1, -0.05) is 80.0 Å². The summed E-state index contributed by atoms with van der Waals surface area (Å²) in [6.45, 7) is 13.7. The van der Waals surface area contributed by atoms with Gasteiger partial charge in [0.15, 0.2) is 0 Å². The van der Waals surface area contributed by atoms with Crippen LogP contribution in [-0.2, 0) is 4.79 Å². The van der Waals surface area contributed by atoms with Gasteiger partial charge in [0, 0.05) is 11.3 Å². The zero-order valence-electron chi connectivity index (χ0n) is 18.0. The van der Waals surface area contributed by atoms with E-state index in [0.717, 1.165) is 0 Å². The number of hydrogen-bond acceptors (Lipinski definition) is 3. The Kier molecular flexibility index (Phi) is 6.87. The van der Waals surface area contributed by atoms with E-state index in [1.54, 1.807) is 24.3 Å². The second-order valence-corrected chi connectivity index (χ2v) is 19.6. The van der Waals surface area contributed by atoms with Crippen LogP contribution in [0.15, 0.2) is 42.5 Å². The molecular formula is C22H31NO4Si2. The van der Waals surface area contributed by atoms with E-state index in [2.05, 4.69) is 50.7 Å². The fourth-order valence-corrected chi connectivity index (χ4v) is 5.40. The molecule has 0 aliphatic heterocycles. The Morgan fingerprint density at radius 3 is 1.79 bits per heavy atom.